The molecular formula is C24H40Cl2N6O. The van der Waals surface area contributed by atoms with Crippen LogP contribution in [0.4, 0.5) is 0 Å². The predicted octanol–water partition coefficient (Wildman–Crippen LogP) is 4.83. The third kappa shape index (κ3) is 9.08. The van der Waals surface area contributed by atoms with Gasteiger partial charge in [-0.1, -0.05) is 49.5 Å². The highest BCUT2D eigenvalue weighted by molar-refractivity contribution is 6.35. The summed E-state index contributed by atoms with van der Waals surface area (Å²) in [6.45, 7) is 12.3. The van der Waals surface area contributed by atoms with Crippen LogP contribution in [0.2, 0.25) is 10.0 Å². The molecular weight excluding hydrogens is 459 g/mol. The topological polar surface area (TPSA) is 75.2 Å². The third-order valence-corrected chi connectivity index (χ3v) is 6.50. The molecule has 0 aliphatic carbocycles. The van der Waals surface area contributed by atoms with Crippen LogP contribution in [0, 0.1) is 5.92 Å². The predicted molar refractivity (Wildman–Crippen MR) is 139 cm³/mol. The van der Waals surface area contributed by atoms with Gasteiger partial charge in [0.1, 0.15) is 5.82 Å². The Balaban J connectivity index is 1.77. The summed E-state index contributed by atoms with van der Waals surface area (Å²) < 4.78 is 0. The van der Waals surface area contributed by atoms with E-state index in [0.717, 1.165) is 63.4 Å². The molecule has 9 heteroatoms. The molecule has 0 bridgehead atoms. The van der Waals surface area contributed by atoms with Crippen molar-refractivity contribution >= 4 is 29.4 Å². The number of hydrazine groups is 1. The molecule has 1 aliphatic rings. The molecule has 7 nitrogen and oxygen atoms in total. The van der Waals surface area contributed by atoms with Crippen LogP contribution in [-0.4, -0.2) is 60.2 Å². The van der Waals surface area contributed by atoms with Crippen LogP contribution in [0.15, 0.2) is 35.2 Å². The summed E-state index contributed by atoms with van der Waals surface area (Å²) in [7, 11) is 0. The number of aliphatic imine (C=N–C) groups is 1. The number of piperidine rings is 1. The summed E-state index contributed by atoms with van der Waals surface area (Å²) in [6.07, 6.45) is 6.83. The zero-order valence-corrected chi connectivity index (χ0v) is 21.8. The zero-order chi connectivity index (χ0) is 24.2. The van der Waals surface area contributed by atoms with Crippen LogP contribution >= 0.6 is 23.2 Å². The Morgan fingerprint density at radius 2 is 2.15 bits per heavy atom. The van der Waals surface area contributed by atoms with Crippen molar-refractivity contribution in [1.82, 2.24) is 26.1 Å². The molecule has 3 atom stereocenters. The van der Waals surface area contributed by atoms with Gasteiger partial charge in [-0.2, -0.15) is 5.06 Å². The lowest BCUT2D eigenvalue weighted by atomic mass is 9.93. The van der Waals surface area contributed by atoms with E-state index in [2.05, 4.69) is 39.9 Å². The Morgan fingerprint density at radius 1 is 1.36 bits per heavy atom. The van der Waals surface area contributed by atoms with Gasteiger partial charge in [0.05, 0.1) is 0 Å². The van der Waals surface area contributed by atoms with Crippen molar-refractivity contribution in [2.45, 2.75) is 59.0 Å². The van der Waals surface area contributed by atoms with Crippen molar-refractivity contribution < 1.29 is 5.21 Å². The van der Waals surface area contributed by atoms with E-state index in [0.29, 0.717) is 16.0 Å². The van der Waals surface area contributed by atoms with Gasteiger partial charge in [0.15, 0.2) is 0 Å². The molecule has 0 amide bonds. The van der Waals surface area contributed by atoms with Crippen LogP contribution in [0.25, 0.3) is 0 Å². The van der Waals surface area contributed by atoms with E-state index in [-0.39, 0.29) is 12.1 Å². The normalized spacial score (nSPS) is 20.6. The first-order chi connectivity index (χ1) is 15.9. The summed E-state index contributed by atoms with van der Waals surface area (Å²) in [4.78, 5) is 6.86. The van der Waals surface area contributed by atoms with E-state index >= 15 is 0 Å². The SMILES string of the molecule is CC=N/C(=C\NCCNNC(C)c1ccc(Cl)cc1Cl)N1CCC(N(O)CCCC)C(C)C1. The summed E-state index contributed by atoms with van der Waals surface area (Å²) in [5, 5.41) is 16.6. The Labute approximate surface area is 209 Å². The first-order valence-electron chi connectivity index (χ1n) is 11.9. The first-order valence-corrected chi connectivity index (χ1v) is 12.7. The molecule has 0 saturated carbocycles. The highest BCUT2D eigenvalue weighted by Crippen LogP contribution is 2.26. The highest BCUT2D eigenvalue weighted by Gasteiger charge is 2.30. The first kappa shape index (κ1) is 27.9. The summed E-state index contributed by atoms with van der Waals surface area (Å²) in [5.74, 6) is 1.29. The second-order valence-electron chi connectivity index (χ2n) is 8.60. The van der Waals surface area contributed by atoms with Crippen molar-refractivity contribution in [2.75, 3.05) is 32.7 Å². The van der Waals surface area contributed by atoms with Gasteiger partial charge in [0.25, 0.3) is 0 Å². The molecule has 0 aromatic heterocycles. The minimum absolute atomic E-state index is 0.0526. The van der Waals surface area contributed by atoms with Crippen LogP contribution < -0.4 is 16.2 Å². The molecule has 1 saturated heterocycles. The number of unbranched alkanes of at least 4 members (excludes halogenated alkanes) is 1. The number of rotatable bonds is 13. The van der Waals surface area contributed by atoms with Crippen molar-refractivity contribution in [3.63, 3.8) is 0 Å². The largest absolute Gasteiger partial charge is 0.387 e. The van der Waals surface area contributed by atoms with E-state index < -0.39 is 0 Å². The summed E-state index contributed by atoms with van der Waals surface area (Å²) in [6, 6.07) is 5.79. The lowest BCUT2D eigenvalue weighted by Gasteiger charge is -2.41. The summed E-state index contributed by atoms with van der Waals surface area (Å²) in [5.41, 5.74) is 7.49. The van der Waals surface area contributed by atoms with Crippen LogP contribution in [0.1, 0.15) is 58.6 Å². The minimum atomic E-state index is 0.0526. The molecule has 1 aromatic rings. The Kier molecular flexibility index (Phi) is 12.5. The fourth-order valence-corrected chi connectivity index (χ4v) is 4.64. The smallest absolute Gasteiger partial charge is 0.143 e. The maximum absolute atomic E-state index is 10.4. The monoisotopic (exact) mass is 498 g/mol. The zero-order valence-electron chi connectivity index (χ0n) is 20.3. The number of hydroxylamine groups is 2. The molecule has 1 aliphatic heterocycles. The van der Waals surface area contributed by atoms with E-state index in [4.69, 9.17) is 23.2 Å². The maximum Gasteiger partial charge on any atom is 0.143 e. The van der Waals surface area contributed by atoms with Gasteiger partial charge < -0.3 is 15.4 Å². The Hall–Kier alpha value is -1.35. The molecule has 0 radical (unpaired) electrons. The highest BCUT2D eigenvalue weighted by atomic mass is 35.5. The summed E-state index contributed by atoms with van der Waals surface area (Å²) >= 11 is 12.3. The van der Waals surface area contributed by atoms with Crippen LogP contribution in [-0.2, 0) is 0 Å². The molecule has 0 spiro atoms. The van der Waals surface area contributed by atoms with Gasteiger partial charge in [0.2, 0.25) is 0 Å². The van der Waals surface area contributed by atoms with Gasteiger partial charge in [0, 0.05) is 67.3 Å². The number of halogens is 2. The maximum atomic E-state index is 10.4. The molecule has 1 aromatic carbocycles. The molecule has 33 heavy (non-hydrogen) atoms. The van der Waals surface area contributed by atoms with E-state index in [1.54, 1.807) is 11.1 Å². The average molecular weight is 500 g/mol. The number of nitrogens with zero attached hydrogens (tertiary/aromatic N) is 3. The van der Waals surface area contributed by atoms with Crippen molar-refractivity contribution in [2.24, 2.45) is 10.9 Å². The van der Waals surface area contributed by atoms with Gasteiger partial charge >= 0.3 is 0 Å². The number of hydrogen-bond acceptors (Lipinski definition) is 7. The quantitative estimate of drug-likeness (QED) is 0.177. The fraction of sp³-hybridized carbons (Fsp3) is 0.625. The van der Waals surface area contributed by atoms with Gasteiger partial charge in [-0.3, -0.25) is 10.9 Å². The molecule has 4 N–H and O–H groups in total. The molecule has 1 heterocycles. The van der Waals surface area contributed by atoms with E-state index in [1.165, 1.54) is 0 Å². The van der Waals surface area contributed by atoms with Gasteiger partial charge in [-0.25, -0.2) is 4.99 Å². The Morgan fingerprint density at radius 3 is 2.82 bits per heavy atom. The van der Waals surface area contributed by atoms with Crippen molar-refractivity contribution in [3.8, 4) is 0 Å². The van der Waals surface area contributed by atoms with Gasteiger partial charge in [-0.15, -0.1) is 0 Å². The van der Waals surface area contributed by atoms with Crippen LogP contribution in [0.3, 0.4) is 0 Å². The molecule has 2 rings (SSSR count). The molecule has 1 fully saturated rings. The second kappa shape index (κ2) is 14.8. The lowest BCUT2D eigenvalue weighted by molar-refractivity contribution is -0.152. The van der Waals surface area contributed by atoms with E-state index in [9.17, 15) is 5.21 Å². The minimum Gasteiger partial charge on any atom is -0.387 e. The third-order valence-electron chi connectivity index (χ3n) is 5.94. The lowest BCUT2D eigenvalue weighted by Crippen LogP contribution is -2.49. The fourth-order valence-electron chi connectivity index (χ4n) is 4.07. The number of hydrogen-bond donors (Lipinski definition) is 4. The van der Waals surface area contributed by atoms with Crippen LogP contribution in [0.5, 0.6) is 0 Å². The number of benzene rings is 1. The molecule has 186 valence electrons. The average Bonchev–Trinajstić information content (AvgIpc) is 2.78. The molecule has 3 unspecified atom stereocenters. The van der Waals surface area contributed by atoms with E-state index in [1.807, 2.05) is 38.4 Å². The number of likely N-dealkylation sites (tertiary alicyclic amines) is 1. The van der Waals surface area contributed by atoms with Crippen molar-refractivity contribution in [3.05, 3.63) is 45.8 Å². The second-order valence-corrected chi connectivity index (χ2v) is 9.44. The van der Waals surface area contributed by atoms with Gasteiger partial charge in [-0.05, 0) is 50.3 Å². The number of nitrogens with one attached hydrogen (secondary N) is 3. The van der Waals surface area contributed by atoms with Crippen molar-refractivity contribution in [1.29, 1.82) is 0 Å². The Bertz CT molecular complexity index is 775. The standard InChI is InChI=1S/C24H40Cl2N6O/c1-5-7-13-32(33)23-10-14-31(17-18(23)3)24(28-6-2)16-27-11-12-29-30-19(4)21-9-8-20(25)15-22(21)26/h6,8-9,15-16,18-19,23,27,29-30,33H,5,7,10-14,17H2,1-4H3/b24-16+,28-6?.